The minimum absolute atomic E-state index is 0.357. The average Bonchev–Trinajstić information content (AvgIpc) is 2.30. The third-order valence-corrected chi connectivity index (χ3v) is 2.33. The van der Waals surface area contributed by atoms with Crippen molar-refractivity contribution in [2.45, 2.75) is 5.37 Å². The van der Waals surface area contributed by atoms with Crippen molar-refractivity contribution in [3.8, 4) is 0 Å². The lowest BCUT2D eigenvalue weighted by Crippen LogP contribution is -2.44. The second-order valence-electron chi connectivity index (χ2n) is 2.23. The maximum Gasteiger partial charge on any atom is 0.287 e. The molecule has 0 saturated carbocycles. The minimum Gasteiger partial charge on any atom is -0.285 e. The Bertz CT molecular complexity index is 231. The zero-order valence-corrected chi connectivity index (χ0v) is 7.13. The summed E-state index contributed by atoms with van der Waals surface area (Å²) in [7, 11) is 0. The van der Waals surface area contributed by atoms with Crippen LogP contribution in [0, 0.1) is 0 Å². The smallest absolute Gasteiger partial charge is 0.285 e. The molecule has 1 fully saturated rings. The number of hydrogen-bond acceptors (Lipinski definition) is 5. The Kier molecular flexibility index (Phi) is 2.85. The van der Waals surface area contributed by atoms with E-state index in [0.29, 0.717) is 6.54 Å². The van der Waals surface area contributed by atoms with Gasteiger partial charge in [-0.05, 0) is 11.8 Å². The van der Waals surface area contributed by atoms with Gasteiger partial charge in [-0.2, -0.15) is 0 Å². The van der Waals surface area contributed by atoms with Crippen LogP contribution in [0.25, 0.3) is 0 Å². The molecule has 1 aliphatic rings. The van der Waals surface area contributed by atoms with Crippen LogP contribution in [0.4, 0.5) is 4.79 Å². The highest BCUT2D eigenvalue weighted by Gasteiger charge is 2.34. The highest BCUT2D eigenvalue weighted by atomic mass is 32.2. The molecule has 0 aromatic rings. The van der Waals surface area contributed by atoms with E-state index in [2.05, 4.69) is 11.9 Å². The van der Waals surface area contributed by atoms with Crippen molar-refractivity contribution < 1.29 is 9.59 Å². The summed E-state index contributed by atoms with van der Waals surface area (Å²) in [4.78, 5) is 21.7. The van der Waals surface area contributed by atoms with Crippen molar-refractivity contribution in [3.05, 3.63) is 12.7 Å². The third-order valence-electron chi connectivity index (χ3n) is 1.31. The van der Waals surface area contributed by atoms with Crippen LogP contribution < -0.4 is 11.2 Å². The van der Waals surface area contributed by atoms with Gasteiger partial charge in [-0.15, -0.1) is 6.58 Å². The molecule has 1 saturated heterocycles. The molecule has 0 spiro atoms. The Labute approximate surface area is 73.9 Å². The fraction of sp³-hybridized carbons (Fsp3) is 0.333. The standard InChI is InChI=1S/C6H9N3O2S/c1-2-3-9(7)5-4(10)8-6(11)12-5/h2,5H,1,3,7H2,(H,8,10,11). The normalized spacial score (nSPS) is 23.0. The van der Waals surface area contributed by atoms with E-state index < -0.39 is 5.37 Å². The lowest BCUT2D eigenvalue weighted by atomic mass is 10.5. The summed E-state index contributed by atoms with van der Waals surface area (Å²) in [6.45, 7) is 3.84. The molecule has 1 aliphatic heterocycles. The molecular formula is C6H9N3O2S. The van der Waals surface area contributed by atoms with Gasteiger partial charge in [0.05, 0.1) is 0 Å². The Morgan fingerprint density at radius 3 is 2.83 bits per heavy atom. The molecule has 6 heteroatoms. The molecule has 0 radical (unpaired) electrons. The van der Waals surface area contributed by atoms with Gasteiger partial charge in [0.25, 0.3) is 11.1 Å². The van der Waals surface area contributed by atoms with E-state index in [4.69, 9.17) is 5.84 Å². The number of hydrazine groups is 1. The zero-order chi connectivity index (χ0) is 9.14. The molecule has 1 rings (SSSR count). The SMILES string of the molecule is C=CCN(N)C1SC(=O)NC1=O. The topological polar surface area (TPSA) is 75.4 Å². The predicted octanol–water partition coefficient (Wildman–Crippen LogP) is -0.343. The molecule has 0 aromatic carbocycles. The highest BCUT2D eigenvalue weighted by molar-refractivity contribution is 8.15. The Morgan fingerprint density at radius 1 is 1.75 bits per heavy atom. The van der Waals surface area contributed by atoms with E-state index in [1.54, 1.807) is 6.08 Å². The number of imide groups is 1. The largest absolute Gasteiger partial charge is 0.287 e. The average molecular weight is 187 g/mol. The molecule has 0 bridgehead atoms. The summed E-state index contributed by atoms with van der Waals surface area (Å²) in [5.74, 6) is 5.10. The molecule has 0 aromatic heterocycles. The summed E-state index contributed by atoms with van der Waals surface area (Å²) >= 11 is 0.875. The lowest BCUT2D eigenvalue weighted by Gasteiger charge is -2.17. The second kappa shape index (κ2) is 3.70. The molecular weight excluding hydrogens is 178 g/mol. The summed E-state index contributed by atoms with van der Waals surface area (Å²) in [6.07, 6.45) is 1.57. The maximum absolute atomic E-state index is 11.0. The fourth-order valence-corrected chi connectivity index (χ4v) is 1.56. The van der Waals surface area contributed by atoms with Crippen LogP contribution in [0.3, 0.4) is 0 Å². The number of nitrogens with zero attached hydrogens (tertiary/aromatic N) is 1. The summed E-state index contributed by atoms with van der Waals surface area (Å²) in [5.41, 5.74) is 0. The van der Waals surface area contributed by atoms with Crippen molar-refractivity contribution in [3.63, 3.8) is 0 Å². The Hall–Kier alpha value is -0.850. The van der Waals surface area contributed by atoms with Gasteiger partial charge in [0.2, 0.25) is 0 Å². The van der Waals surface area contributed by atoms with Gasteiger partial charge >= 0.3 is 0 Å². The summed E-state index contributed by atoms with van der Waals surface area (Å²) in [5, 5.41) is 2.42. The van der Waals surface area contributed by atoms with Gasteiger partial charge in [0.15, 0.2) is 5.37 Å². The number of nitrogens with two attached hydrogens (primary N) is 1. The molecule has 66 valence electrons. The Morgan fingerprint density at radius 2 is 2.42 bits per heavy atom. The highest BCUT2D eigenvalue weighted by Crippen LogP contribution is 2.19. The van der Waals surface area contributed by atoms with Crippen LogP contribution in [-0.4, -0.2) is 28.1 Å². The van der Waals surface area contributed by atoms with Crippen LogP contribution in [0.1, 0.15) is 0 Å². The van der Waals surface area contributed by atoms with E-state index >= 15 is 0 Å². The van der Waals surface area contributed by atoms with Gasteiger partial charge in [-0.3, -0.25) is 20.7 Å². The summed E-state index contributed by atoms with van der Waals surface area (Å²) in [6, 6.07) is 0. The second-order valence-corrected chi connectivity index (χ2v) is 3.29. The molecule has 5 nitrogen and oxygen atoms in total. The van der Waals surface area contributed by atoms with Gasteiger partial charge in [-0.25, -0.2) is 5.01 Å². The van der Waals surface area contributed by atoms with E-state index in [1.807, 2.05) is 0 Å². The first kappa shape index (κ1) is 9.24. The number of carbonyl (C=O) groups excluding carboxylic acids is 2. The first-order chi connectivity index (χ1) is 5.65. The van der Waals surface area contributed by atoms with E-state index in [0.717, 1.165) is 11.8 Å². The van der Waals surface area contributed by atoms with Gasteiger partial charge < -0.3 is 0 Å². The molecule has 12 heavy (non-hydrogen) atoms. The molecule has 0 aliphatic carbocycles. The lowest BCUT2D eigenvalue weighted by molar-refractivity contribution is -0.121. The predicted molar refractivity (Wildman–Crippen MR) is 46.0 cm³/mol. The van der Waals surface area contributed by atoms with Crippen LogP contribution in [0.15, 0.2) is 12.7 Å². The quantitative estimate of drug-likeness (QED) is 0.359. The molecule has 1 heterocycles. The first-order valence-electron chi connectivity index (χ1n) is 3.29. The van der Waals surface area contributed by atoms with Crippen molar-refractivity contribution in [1.29, 1.82) is 0 Å². The van der Waals surface area contributed by atoms with Crippen LogP contribution in [-0.2, 0) is 4.79 Å². The number of rotatable bonds is 3. The van der Waals surface area contributed by atoms with Crippen LogP contribution in [0.5, 0.6) is 0 Å². The van der Waals surface area contributed by atoms with Crippen LogP contribution in [0.2, 0.25) is 0 Å². The van der Waals surface area contributed by atoms with Gasteiger partial charge in [0.1, 0.15) is 0 Å². The van der Waals surface area contributed by atoms with Gasteiger partial charge in [0, 0.05) is 6.54 Å². The fourth-order valence-electron chi connectivity index (χ4n) is 0.810. The number of carbonyl (C=O) groups is 2. The van der Waals surface area contributed by atoms with Crippen molar-refractivity contribution in [2.75, 3.05) is 6.54 Å². The third kappa shape index (κ3) is 1.84. The summed E-state index contributed by atoms with van der Waals surface area (Å²) < 4.78 is 0. The van der Waals surface area contributed by atoms with Gasteiger partial charge in [-0.1, -0.05) is 6.08 Å². The number of amides is 2. The maximum atomic E-state index is 11.0. The molecule has 1 atom stereocenters. The molecule has 2 amide bonds. The van der Waals surface area contributed by atoms with E-state index in [1.165, 1.54) is 5.01 Å². The zero-order valence-electron chi connectivity index (χ0n) is 6.32. The van der Waals surface area contributed by atoms with E-state index in [9.17, 15) is 9.59 Å². The minimum atomic E-state index is -0.615. The van der Waals surface area contributed by atoms with E-state index in [-0.39, 0.29) is 11.1 Å². The van der Waals surface area contributed by atoms with Crippen molar-refractivity contribution in [2.24, 2.45) is 5.84 Å². The van der Waals surface area contributed by atoms with Crippen molar-refractivity contribution in [1.82, 2.24) is 10.3 Å². The Balaban J connectivity index is 2.57. The number of thioether (sulfide) groups is 1. The first-order valence-corrected chi connectivity index (χ1v) is 4.17. The molecule has 1 unspecified atom stereocenters. The number of nitrogens with one attached hydrogen (secondary N) is 1. The van der Waals surface area contributed by atoms with Crippen molar-refractivity contribution >= 4 is 22.9 Å². The van der Waals surface area contributed by atoms with Crippen LogP contribution >= 0.6 is 11.8 Å². The molecule has 3 N–H and O–H groups in total. The monoisotopic (exact) mass is 187 g/mol. The number of hydrogen-bond donors (Lipinski definition) is 2.